The number of hydrogen-bond donors (Lipinski definition) is 0. The van der Waals surface area contributed by atoms with Gasteiger partial charge in [-0.05, 0) is 36.1 Å². The first-order valence-corrected chi connectivity index (χ1v) is 12.1. The lowest BCUT2D eigenvalue weighted by Gasteiger charge is -2.12. The second-order valence-corrected chi connectivity index (χ2v) is 9.70. The largest absolute Gasteiger partial charge is 0.419 e. The molecule has 0 fully saturated rings. The van der Waals surface area contributed by atoms with E-state index in [2.05, 4.69) is 37.1 Å². The second kappa shape index (κ2) is 9.28. The molecule has 6 nitrogen and oxygen atoms in total. The second-order valence-electron chi connectivity index (χ2n) is 7.04. The number of thiophene rings is 1. The number of aromatic nitrogens is 5. The lowest BCUT2D eigenvalue weighted by Crippen LogP contribution is -2.05. The number of nitrogens with zero attached hydrogens (tertiary/aromatic N) is 5. The van der Waals surface area contributed by atoms with E-state index in [1.807, 2.05) is 66.9 Å². The number of hydrogen-bond acceptors (Lipinski definition) is 7. The van der Waals surface area contributed by atoms with Gasteiger partial charge in [0.2, 0.25) is 5.89 Å². The molecule has 0 amide bonds. The fourth-order valence-electron chi connectivity index (χ4n) is 3.23. The smallest absolute Gasteiger partial charge is 0.257 e. The highest BCUT2D eigenvalue weighted by Gasteiger charge is 2.22. The quantitative estimate of drug-likeness (QED) is 0.244. The Kier molecular flexibility index (Phi) is 6.07. The summed E-state index contributed by atoms with van der Waals surface area (Å²) < 4.78 is 8.00. The molecule has 0 radical (unpaired) electrons. The highest BCUT2D eigenvalue weighted by atomic mass is 35.5. The SMILES string of the molecule is CC(Sc1nnc(-c2ccccc2Cl)n1Cc1ccccc1)c1nnc(-c2cccs2)o1. The van der Waals surface area contributed by atoms with E-state index in [1.165, 1.54) is 11.8 Å². The maximum Gasteiger partial charge on any atom is 0.257 e. The monoisotopic (exact) mass is 479 g/mol. The molecule has 0 spiro atoms. The predicted octanol–water partition coefficient (Wildman–Crippen LogP) is 6.61. The van der Waals surface area contributed by atoms with Gasteiger partial charge >= 0.3 is 0 Å². The number of benzene rings is 2. The summed E-state index contributed by atoms with van der Waals surface area (Å²) in [5.74, 6) is 1.80. The maximum atomic E-state index is 6.48. The first kappa shape index (κ1) is 20.9. The molecule has 0 bridgehead atoms. The van der Waals surface area contributed by atoms with Gasteiger partial charge in [-0.3, -0.25) is 4.57 Å². The number of halogens is 1. The van der Waals surface area contributed by atoms with Crippen LogP contribution in [0.25, 0.3) is 22.2 Å². The van der Waals surface area contributed by atoms with Crippen molar-refractivity contribution in [1.29, 1.82) is 0 Å². The van der Waals surface area contributed by atoms with Gasteiger partial charge in [-0.15, -0.1) is 31.7 Å². The Morgan fingerprint density at radius 1 is 0.969 bits per heavy atom. The Labute approximate surface area is 198 Å². The van der Waals surface area contributed by atoms with Gasteiger partial charge in [0.05, 0.1) is 21.7 Å². The van der Waals surface area contributed by atoms with E-state index in [-0.39, 0.29) is 5.25 Å². The molecule has 0 saturated carbocycles. The molecule has 0 aliphatic heterocycles. The van der Waals surface area contributed by atoms with Crippen LogP contribution in [-0.4, -0.2) is 25.0 Å². The Hall–Kier alpha value is -2.94. The minimum atomic E-state index is -0.103. The van der Waals surface area contributed by atoms with Gasteiger partial charge in [-0.25, -0.2) is 0 Å². The summed E-state index contributed by atoms with van der Waals surface area (Å²) in [6.07, 6.45) is 0. The zero-order valence-electron chi connectivity index (χ0n) is 17.1. The molecule has 3 heterocycles. The summed E-state index contributed by atoms with van der Waals surface area (Å²) in [6.45, 7) is 2.64. The van der Waals surface area contributed by atoms with Crippen molar-refractivity contribution in [2.24, 2.45) is 0 Å². The molecule has 9 heteroatoms. The fourth-order valence-corrected chi connectivity index (χ4v) is 4.98. The van der Waals surface area contributed by atoms with Crippen LogP contribution >= 0.6 is 34.7 Å². The summed E-state index contributed by atoms with van der Waals surface area (Å²) >= 11 is 9.57. The molecule has 32 heavy (non-hydrogen) atoms. The van der Waals surface area contributed by atoms with Crippen LogP contribution in [0.1, 0.15) is 23.6 Å². The average molecular weight is 480 g/mol. The molecular formula is C23H18ClN5OS2. The van der Waals surface area contributed by atoms with Gasteiger partial charge in [0, 0.05) is 5.56 Å². The van der Waals surface area contributed by atoms with Crippen LogP contribution in [0.2, 0.25) is 5.02 Å². The molecule has 0 aliphatic rings. The molecule has 1 unspecified atom stereocenters. The van der Waals surface area contributed by atoms with E-state index in [0.717, 1.165) is 27.0 Å². The van der Waals surface area contributed by atoms with E-state index in [4.69, 9.17) is 16.0 Å². The lowest BCUT2D eigenvalue weighted by molar-refractivity contribution is 0.509. The molecule has 0 aliphatic carbocycles. The zero-order valence-corrected chi connectivity index (χ0v) is 19.4. The minimum absolute atomic E-state index is 0.103. The molecule has 0 saturated heterocycles. The van der Waals surface area contributed by atoms with Crippen molar-refractivity contribution in [3.63, 3.8) is 0 Å². The van der Waals surface area contributed by atoms with Crippen molar-refractivity contribution in [3.8, 4) is 22.2 Å². The first-order chi connectivity index (χ1) is 15.7. The molecule has 1 atom stereocenters. The van der Waals surface area contributed by atoms with Crippen LogP contribution in [0.15, 0.2) is 81.7 Å². The topological polar surface area (TPSA) is 69.6 Å². The standard InChI is InChI=1S/C23H18ClN5OS2/c1-15(21-26-27-22(30-21)19-12-7-13-31-19)32-23-28-25-20(17-10-5-6-11-18(17)24)29(23)14-16-8-3-2-4-9-16/h2-13,15H,14H2,1H3. The summed E-state index contributed by atoms with van der Waals surface area (Å²) in [7, 11) is 0. The molecular weight excluding hydrogens is 462 g/mol. The summed E-state index contributed by atoms with van der Waals surface area (Å²) in [4.78, 5) is 0.953. The number of rotatable bonds is 7. The molecule has 5 rings (SSSR count). The van der Waals surface area contributed by atoms with E-state index < -0.39 is 0 Å². The average Bonchev–Trinajstić information content (AvgIpc) is 3.57. The Morgan fingerprint density at radius 2 is 1.78 bits per heavy atom. The van der Waals surface area contributed by atoms with Crippen molar-refractivity contribution in [2.45, 2.75) is 23.9 Å². The molecule has 160 valence electrons. The van der Waals surface area contributed by atoms with Crippen molar-refractivity contribution >= 4 is 34.7 Å². The van der Waals surface area contributed by atoms with Gasteiger partial charge in [0.15, 0.2) is 11.0 Å². The summed E-state index contributed by atoms with van der Waals surface area (Å²) in [5, 5.41) is 20.7. The Bertz CT molecular complexity index is 1320. The normalized spacial score (nSPS) is 12.2. The van der Waals surface area contributed by atoms with E-state index >= 15 is 0 Å². The van der Waals surface area contributed by atoms with Crippen molar-refractivity contribution in [2.75, 3.05) is 0 Å². The highest BCUT2D eigenvalue weighted by molar-refractivity contribution is 7.99. The first-order valence-electron chi connectivity index (χ1n) is 9.95. The van der Waals surface area contributed by atoms with Gasteiger partial charge < -0.3 is 4.42 Å². The van der Waals surface area contributed by atoms with Crippen LogP contribution in [-0.2, 0) is 6.54 Å². The third kappa shape index (κ3) is 4.34. The van der Waals surface area contributed by atoms with Crippen molar-refractivity contribution < 1.29 is 4.42 Å². The summed E-state index contributed by atoms with van der Waals surface area (Å²) in [5.41, 5.74) is 1.99. The third-order valence-electron chi connectivity index (χ3n) is 4.82. The van der Waals surface area contributed by atoms with Crippen LogP contribution in [0.5, 0.6) is 0 Å². The van der Waals surface area contributed by atoms with Crippen LogP contribution in [0.3, 0.4) is 0 Å². The van der Waals surface area contributed by atoms with Gasteiger partial charge in [-0.2, -0.15) is 0 Å². The number of thioether (sulfide) groups is 1. The molecule has 2 aromatic carbocycles. The van der Waals surface area contributed by atoms with E-state index in [1.54, 1.807) is 11.3 Å². The molecule has 5 aromatic rings. The fraction of sp³-hybridized carbons (Fsp3) is 0.130. The summed E-state index contributed by atoms with van der Waals surface area (Å²) in [6, 6.07) is 21.8. The molecule has 0 N–H and O–H groups in total. The minimum Gasteiger partial charge on any atom is -0.419 e. The molecule has 3 aromatic heterocycles. The van der Waals surface area contributed by atoms with E-state index in [0.29, 0.717) is 23.3 Å². The van der Waals surface area contributed by atoms with Gasteiger partial charge in [0.25, 0.3) is 5.89 Å². The zero-order chi connectivity index (χ0) is 21.9. The maximum absolute atomic E-state index is 6.48. The Balaban J connectivity index is 1.47. The van der Waals surface area contributed by atoms with Crippen LogP contribution in [0, 0.1) is 0 Å². The van der Waals surface area contributed by atoms with Gasteiger partial charge in [0.1, 0.15) is 0 Å². The lowest BCUT2D eigenvalue weighted by atomic mass is 10.2. The van der Waals surface area contributed by atoms with Crippen molar-refractivity contribution in [3.05, 3.63) is 88.6 Å². The predicted molar refractivity (Wildman–Crippen MR) is 128 cm³/mol. The third-order valence-corrected chi connectivity index (χ3v) is 7.07. The van der Waals surface area contributed by atoms with Crippen molar-refractivity contribution in [1.82, 2.24) is 25.0 Å². The van der Waals surface area contributed by atoms with Crippen LogP contribution < -0.4 is 0 Å². The highest BCUT2D eigenvalue weighted by Crippen LogP contribution is 2.37. The van der Waals surface area contributed by atoms with Crippen LogP contribution in [0.4, 0.5) is 0 Å². The van der Waals surface area contributed by atoms with E-state index in [9.17, 15) is 0 Å². The Morgan fingerprint density at radius 3 is 2.56 bits per heavy atom. The van der Waals surface area contributed by atoms with Gasteiger partial charge in [-0.1, -0.05) is 71.9 Å².